The van der Waals surface area contributed by atoms with E-state index in [1.807, 2.05) is 22.9 Å². The molecule has 1 aliphatic heterocycles. The van der Waals surface area contributed by atoms with Crippen LogP contribution in [0.1, 0.15) is 5.56 Å². The van der Waals surface area contributed by atoms with E-state index in [-0.39, 0.29) is 9.77 Å². The van der Waals surface area contributed by atoms with E-state index in [4.69, 9.17) is 11.6 Å². The maximum atomic E-state index is 13.1. The predicted octanol–water partition coefficient (Wildman–Crippen LogP) is 4.18. The van der Waals surface area contributed by atoms with Crippen LogP contribution in [0.3, 0.4) is 0 Å². The molecule has 0 spiro atoms. The maximum absolute atomic E-state index is 13.1. The second-order valence-corrected chi connectivity index (χ2v) is 11.0. The van der Waals surface area contributed by atoms with Crippen LogP contribution in [0.5, 0.6) is 0 Å². The Morgan fingerprint density at radius 2 is 1.82 bits per heavy atom. The summed E-state index contributed by atoms with van der Waals surface area (Å²) in [4.78, 5) is 25.2. The molecule has 0 aliphatic carbocycles. The largest absolute Gasteiger partial charge is 0.384 e. The monoisotopic (exact) mass is 500 g/mol. The van der Waals surface area contributed by atoms with Crippen molar-refractivity contribution in [2.75, 3.05) is 17.2 Å². The Kier molecular flexibility index (Phi) is 5.35. The number of pyridine rings is 1. The number of carbonyl (C=O) groups excluding carboxylic acids is 1. The van der Waals surface area contributed by atoms with Gasteiger partial charge in [0, 0.05) is 35.2 Å². The molecule has 0 bridgehead atoms. The molecule has 1 aliphatic rings. The number of hydrogen-bond acceptors (Lipinski definition) is 6. The van der Waals surface area contributed by atoms with Gasteiger partial charge in [0.1, 0.15) is 4.21 Å². The van der Waals surface area contributed by atoms with Crippen LogP contribution in [0.2, 0.25) is 4.34 Å². The summed E-state index contributed by atoms with van der Waals surface area (Å²) in [6.45, 7) is 0.863. The van der Waals surface area contributed by atoms with Crippen molar-refractivity contribution in [1.82, 2.24) is 9.29 Å². The lowest BCUT2D eigenvalue weighted by Gasteiger charge is -2.11. The number of aromatic nitrogens is 1. The number of carbonyl (C=O) groups is 1. The molecule has 4 aromatic rings. The normalized spacial score (nSPS) is 12.9. The summed E-state index contributed by atoms with van der Waals surface area (Å²) in [6, 6.07) is 14.1. The van der Waals surface area contributed by atoms with Gasteiger partial charge in [0.25, 0.3) is 15.6 Å². The second kappa shape index (κ2) is 8.22. The van der Waals surface area contributed by atoms with Crippen LogP contribution in [-0.2, 0) is 16.4 Å². The summed E-state index contributed by atoms with van der Waals surface area (Å²) >= 11 is 6.61. The molecule has 33 heavy (non-hydrogen) atoms. The Morgan fingerprint density at radius 1 is 1.03 bits per heavy atom. The highest BCUT2D eigenvalue weighted by Gasteiger charge is 2.20. The molecule has 5 rings (SSSR count). The number of halogens is 1. The van der Waals surface area contributed by atoms with E-state index in [2.05, 4.69) is 10.6 Å². The van der Waals surface area contributed by atoms with Crippen LogP contribution in [0.15, 0.2) is 69.8 Å². The number of urea groups is 1. The Balaban J connectivity index is 1.35. The fourth-order valence-corrected chi connectivity index (χ4v) is 6.21. The molecule has 11 heteroatoms. The molecule has 3 heterocycles. The van der Waals surface area contributed by atoms with Gasteiger partial charge in [0.05, 0.1) is 4.34 Å². The molecule has 0 unspecified atom stereocenters. The number of sulfonamides is 1. The van der Waals surface area contributed by atoms with E-state index in [1.54, 1.807) is 30.5 Å². The standard InChI is InChI=1S/C22H17ClN4O4S2/c23-19-7-8-20(32-19)33(30,31)26-22(29)25-13-1-3-14(4-2-13)27-12-10-15-16-9-11-24-18(16)6-5-17(15)21(27)28/h1-8,10,12,24H,9,11H2,(H2,25,26,29). The third-order valence-corrected chi connectivity index (χ3v) is 8.38. The minimum absolute atomic E-state index is 0.0601. The Labute approximate surface area is 197 Å². The fourth-order valence-electron chi connectivity index (χ4n) is 3.82. The summed E-state index contributed by atoms with van der Waals surface area (Å²) < 4.78 is 28.2. The van der Waals surface area contributed by atoms with Gasteiger partial charge < -0.3 is 10.6 Å². The smallest absolute Gasteiger partial charge is 0.333 e. The van der Waals surface area contributed by atoms with Crippen molar-refractivity contribution < 1.29 is 13.2 Å². The van der Waals surface area contributed by atoms with Crippen molar-refractivity contribution in [3.63, 3.8) is 0 Å². The number of hydrogen-bond donors (Lipinski definition) is 3. The number of amides is 2. The molecule has 2 amide bonds. The number of fused-ring (bicyclic) bond motifs is 3. The number of nitrogens with one attached hydrogen (secondary N) is 3. The van der Waals surface area contributed by atoms with E-state index in [0.29, 0.717) is 21.1 Å². The molecule has 2 aromatic heterocycles. The first-order valence-electron chi connectivity index (χ1n) is 9.92. The van der Waals surface area contributed by atoms with Crippen LogP contribution < -0.4 is 20.9 Å². The molecule has 0 radical (unpaired) electrons. The quantitative estimate of drug-likeness (QED) is 0.389. The number of rotatable bonds is 4. The number of nitrogens with zero attached hydrogens (tertiary/aromatic N) is 1. The highest BCUT2D eigenvalue weighted by atomic mass is 35.5. The first kappa shape index (κ1) is 21.5. The third-order valence-electron chi connectivity index (χ3n) is 5.33. The third kappa shape index (κ3) is 4.08. The Hall–Kier alpha value is -3.34. The van der Waals surface area contributed by atoms with Gasteiger partial charge in [0.2, 0.25) is 0 Å². The van der Waals surface area contributed by atoms with Crippen LogP contribution in [0, 0.1) is 0 Å². The lowest BCUT2D eigenvalue weighted by Crippen LogP contribution is -2.33. The molecule has 0 saturated heterocycles. The highest BCUT2D eigenvalue weighted by Crippen LogP contribution is 2.29. The van der Waals surface area contributed by atoms with Gasteiger partial charge in [-0.3, -0.25) is 9.36 Å². The highest BCUT2D eigenvalue weighted by molar-refractivity contribution is 7.92. The predicted molar refractivity (Wildman–Crippen MR) is 130 cm³/mol. The Bertz CT molecular complexity index is 1560. The van der Waals surface area contributed by atoms with E-state index < -0.39 is 16.1 Å². The number of benzene rings is 2. The zero-order valence-corrected chi connectivity index (χ0v) is 19.4. The van der Waals surface area contributed by atoms with Gasteiger partial charge in [-0.2, -0.15) is 0 Å². The van der Waals surface area contributed by atoms with Gasteiger partial charge in [-0.15, -0.1) is 11.3 Å². The first-order chi connectivity index (χ1) is 15.8. The van der Waals surface area contributed by atoms with Crippen molar-refractivity contribution in [2.24, 2.45) is 0 Å². The Morgan fingerprint density at radius 3 is 2.55 bits per heavy atom. The van der Waals surface area contributed by atoms with Gasteiger partial charge in [-0.25, -0.2) is 17.9 Å². The number of anilines is 2. The van der Waals surface area contributed by atoms with Crippen molar-refractivity contribution in [1.29, 1.82) is 0 Å². The molecule has 3 N–H and O–H groups in total. The average Bonchev–Trinajstić information content (AvgIpc) is 3.44. The molecular weight excluding hydrogens is 484 g/mol. The van der Waals surface area contributed by atoms with Gasteiger partial charge in [-0.1, -0.05) is 11.6 Å². The van der Waals surface area contributed by atoms with Crippen LogP contribution in [-0.4, -0.2) is 25.6 Å². The molecule has 0 fully saturated rings. The minimum atomic E-state index is -4.02. The average molecular weight is 501 g/mol. The van der Waals surface area contributed by atoms with Gasteiger partial charge in [0.15, 0.2) is 0 Å². The molecule has 2 aromatic carbocycles. The lowest BCUT2D eigenvalue weighted by molar-refractivity contribution is 0.256. The topological polar surface area (TPSA) is 109 Å². The van der Waals surface area contributed by atoms with Crippen molar-refractivity contribution >= 4 is 61.1 Å². The summed E-state index contributed by atoms with van der Waals surface area (Å²) in [6.07, 6.45) is 2.62. The fraction of sp³-hybridized carbons (Fsp3) is 0.0909. The zero-order chi connectivity index (χ0) is 23.2. The maximum Gasteiger partial charge on any atom is 0.333 e. The van der Waals surface area contributed by atoms with Crippen molar-refractivity contribution in [3.8, 4) is 5.69 Å². The van der Waals surface area contributed by atoms with Crippen molar-refractivity contribution in [2.45, 2.75) is 10.6 Å². The van der Waals surface area contributed by atoms with E-state index in [0.717, 1.165) is 40.9 Å². The van der Waals surface area contributed by atoms with E-state index in [9.17, 15) is 18.0 Å². The molecule has 8 nitrogen and oxygen atoms in total. The van der Waals surface area contributed by atoms with Crippen LogP contribution in [0.25, 0.3) is 16.5 Å². The van der Waals surface area contributed by atoms with Gasteiger partial charge in [-0.05, 0) is 72.0 Å². The zero-order valence-electron chi connectivity index (χ0n) is 17.0. The van der Waals surface area contributed by atoms with Crippen molar-refractivity contribution in [3.05, 3.63) is 81.0 Å². The minimum Gasteiger partial charge on any atom is -0.384 e. The number of thiophene rings is 1. The summed E-state index contributed by atoms with van der Waals surface area (Å²) in [7, 11) is -4.02. The van der Waals surface area contributed by atoms with E-state index >= 15 is 0 Å². The summed E-state index contributed by atoms with van der Waals surface area (Å²) in [5.41, 5.74) is 3.07. The molecule has 0 atom stereocenters. The van der Waals surface area contributed by atoms with E-state index in [1.165, 1.54) is 16.7 Å². The molecule has 168 valence electrons. The van der Waals surface area contributed by atoms with Crippen LogP contribution >= 0.6 is 22.9 Å². The SMILES string of the molecule is O=C(Nc1ccc(-n2ccc3c4c(ccc3c2=O)NCC4)cc1)NS(=O)(=O)c1ccc(Cl)s1. The summed E-state index contributed by atoms with van der Waals surface area (Å²) in [5, 5.41) is 7.37. The molecule has 0 saturated carbocycles. The molecular formula is C22H17ClN4O4S2. The summed E-state index contributed by atoms with van der Waals surface area (Å²) in [5.74, 6) is 0. The van der Waals surface area contributed by atoms with Crippen LogP contribution in [0.4, 0.5) is 16.2 Å². The lowest BCUT2D eigenvalue weighted by atomic mass is 10.0. The van der Waals surface area contributed by atoms with Gasteiger partial charge >= 0.3 is 6.03 Å². The second-order valence-electron chi connectivity index (χ2n) is 7.39. The first-order valence-corrected chi connectivity index (χ1v) is 12.6.